The summed E-state index contributed by atoms with van der Waals surface area (Å²) in [5.74, 6) is -2.82. The predicted molar refractivity (Wildman–Crippen MR) is 90.3 cm³/mol. The van der Waals surface area contributed by atoms with Crippen LogP contribution in [0.4, 0.5) is 14.5 Å². The highest BCUT2D eigenvalue weighted by molar-refractivity contribution is 5.94. The molecule has 0 unspecified atom stereocenters. The lowest BCUT2D eigenvalue weighted by Gasteiger charge is -2.31. The van der Waals surface area contributed by atoms with Crippen LogP contribution in [0, 0.1) is 0 Å². The van der Waals surface area contributed by atoms with Gasteiger partial charge in [-0.15, -0.1) is 0 Å². The second-order valence-electron chi connectivity index (χ2n) is 6.06. The molecule has 0 spiro atoms. The maximum absolute atomic E-state index is 13.2. The summed E-state index contributed by atoms with van der Waals surface area (Å²) in [5.41, 5.74) is 2.62. The van der Waals surface area contributed by atoms with Gasteiger partial charge < -0.3 is 10.2 Å². The second kappa shape index (κ2) is 6.99. The number of anilines is 1. The van der Waals surface area contributed by atoms with Gasteiger partial charge in [0.1, 0.15) is 0 Å². The van der Waals surface area contributed by atoms with Crippen molar-refractivity contribution in [3.63, 3.8) is 0 Å². The van der Waals surface area contributed by atoms with Gasteiger partial charge in [0.2, 0.25) is 0 Å². The molecule has 126 valence electrons. The molecule has 1 N–H and O–H groups in total. The Morgan fingerprint density at radius 2 is 1.62 bits per heavy atom. The number of carbonyl (C=O) groups excluding carboxylic acids is 1. The Morgan fingerprint density at radius 3 is 2.25 bits per heavy atom. The Hall–Kier alpha value is -2.43. The first-order chi connectivity index (χ1) is 11.5. The minimum atomic E-state index is -2.64. The zero-order valence-corrected chi connectivity index (χ0v) is 13.3. The van der Waals surface area contributed by atoms with Crippen LogP contribution < -0.4 is 5.32 Å². The van der Waals surface area contributed by atoms with Crippen LogP contribution in [0.15, 0.2) is 54.6 Å². The van der Waals surface area contributed by atoms with Crippen LogP contribution in [-0.2, 0) is 6.54 Å². The van der Waals surface area contributed by atoms with Crippen molar-refractivity contribution in [2.45, 2.75) is 25.3 Å². The van der Waals surface area contributed by atoms with E-state index < -0.39 is 5.92 Å². The molecule has 0 aromatic heterocycles. The molecule has 1 amide bonds. The van der Waals surface area contributed by atoms with Crippen molar-refractivity contribution in [3.8, 4) is 0 Å². The lowest BCUT2D eigenvalue weighted by atomic mass is 10.1. The minimum Gasteiger partial charge on any atom is -0.381 e. The maximum atomic E-state index is 13.2. The van der Waals surface area contributed by atoms with Gasteiger partial charge in [0.05, 0.1) is 0 Å². The summed E-state index contributed by atoms with van der Waals surface area (Å²) in [6.45, 7) is 0.926. The third-order valence-corrected chi connectivity index (χ3v) is 4.25. The molecular formula is C19H20F2N2O. The zero-order chi connectivity index (χ0) is 17.0. The van der Waals surface area contributed by atoms with Crippen molar-refractivity contribution >= 4 is 11.6 Å². The van der Waals surface area contributed by atoms with Gasteiger partial charge in [-0.05, 0) is 29.8 Å². The number of rotatable bonds is 4. The number of likely N-dealkylation sites (tertiary alicyclic amines) is 1. The normalized spacial score (nSPS) is 16.7. The van der Waals surface area contributed by atoms with Gasteiger partial charge >= 0.3 is 0 Å². The Labute approximate surface area is 140 Å². The van der Waals surface area contributed by atoms with E-state index in [0.717, 1.165) is 5.69 Å². The molecule has 1 aliphatic rings. The SMILES string of the molecule is O=C(c1ccc(NCc2ccccc2)cc1)N1CCC(F)(F)CC1. The fourth-order valence-corrected chi connectivity index (χ4v) is 2.75. The van der Waals surface area contributed by atoms with Gasteiger partial charge in [-0.2, -0.15) is 0 Å². The number of alkyl halides is 2. The molecule has 0 saturated carbocycles. The molecule has 2 aromatic rings. The summed E-state index contributed by atoms with van der Waals surface area (Å²) < 4.78 is 26.4. The molecule has 0 atom stereocenters. The maximum Gasteiger partial charge on any atom is 0.253 e. The number of benzene rings is 2. The van der Waals surface area contributed by atoms with Crippen molar-refractivity contribution in [2.24, 2.45) is 0 Å². The first-order valence-electron chi connectivity index (χ1n) is 8.08. The van der Waals surface area contributed by atoms with Gasteiger partial charge in [0, 0.05) is 43.7 Å². The van der Waals surface area contributed by atoms with Crippen LogP contribution in [-0.4, -0.2) is 29.8 Å². The first kappa shape index (κ1) is 16.4. The van der Waals surface area contributed by atoms with Crippen molar-refractivity contribution < 1.29 is 13.6 Å². The van der Waals surface area contributed by atoms with E-state index in [9.17, 15) is 13.6 Å². The van der Waals surface area contributed by atoms with E-state index in [2.05, 4.69) is 5.32 Å². The summed E-state index contributed by atoms with van der Waals surface area (Å²) in [5, 5.41) is 3.29. The van der Waals surface area contributed by atoms with Crippen LogP contribution in [0.2, 0.25) is 0 Å². The lowest BCUT2D eigenvalue weighted by Crippen LogP contribution is -2.42. The van der Waals surface area contributed by atoms with E-state index >= 15 is 0 Å². The van der Waals surface area contributed by atoms with Gasteiger partial charge in [-0.25, -0.2) is 8.78 Å². The molecule has 0 aliphatic carbocycles. The van der Waals surface area contributed by atoms with Gasteiger partial charge in [0.15, 0.2) is 0 Å². The Morgan fingerprint density at radius 1 is 1.00 bits per heavy atom. The number of carbonyl (C=O) groups is 1. The standard InChI is InChI=1S/C19H20F2N2O/c20-19(21)10-12-23(13-11-19)18(24)16-6-8-17(9-7-16)22-14-15-4-2-1-3-5-15/h1-9,22H,10-14H2. The smallest absolute Gasteiger partial charge is 0.253 e. The highest BCUT2D eigenvalue weighted by Crippen LogP contribution is 2.28. The molecule has 0 radical (unpaired) electrons. The van der Waals surface area contributed by atoms with Crippen molar-refractivity contribution in [1.82, 2.24) is 4.90 Å². The van der Waals surface area contributed by atoms with Gasteiger partial charge in [0.25, 0.3) is 11.8 Å². The molecule has 24 heavy (non-hydrogen) atoms. The first-order valence-corrected chi connectivity index (χ1v) is 8.08. The predicted octanol–water partition coefficient (Wildman–Crippen LogP) is 4.17. The van der Waals surface area contributed by atoms with Crippen LogP contribution >= 0.6 is 0 Å². The third-order valence-electron chi connectivity index (χ3n) is 4.25. The van der Waals surface area contributed by atoms with Crippen LogP contribution in [0.3, 0.4) is 0 Å². The van der Waals surface area contributed by atoms with Crippen molar-refractivity contribution in [1.29, 1.82) is 0 Å². The molecule has 2 aromatic carbocycles. The second-order valence-corrected chi connectivity index (χ2v) is 6.06. The molecular weight excluding hydrogens is 310 g/mol. The summed E-state index contributed by atoms with van der Waals surface area (Å²) in [6.07, 6.45) is -0.509. The molecule has 5 heteroatoms. The number of piperidine rings is 1. The number of amides is 1. The molecule has 1 fully saturated rings. The molecule has 1 aliphatic heterocycles. The summed E-state index contributed by atoms with van der Waals surface area (Å²) >= 11 is 0. The minimum absolute atomic E-state index is 0.111. The average molecular weight is 330 g/mol. The Kier molecular flexibility index (Phi) is 4.79. The molecule has 3 rings (SSSR count). The van der Waals surface area contributed by atoms with E-state index in [-0.39, 0.29) is 31.8 Å². The molecule has 3 nitrogen and oxygen atoms in total. The molecule has 1 saturated heterocycles. The number of nitrogens with one attached hydrogen (secondary N) is 1. The largest absolute Gasteiger partial charge is 0.381 e. The molecule has 1 heterocycles. The fraction of sp³-hybridized carbons (Fsp3) is 0.316. The number of halogens is 2. The summed E-state index contributed by atoms with van der Waals surface area (Å²) in [4.78, 5) is 13.9. The van der Waals surface area contributed by atoms with Crippen LogP contribution in [0.5, 0.6) is 0 Å². The Bertz CT molecular complexity index is 676. The number of hydrogen-bond donors (Lipinski definition) is 1. The average Bonchev–Trinajstić information content (AvgIpc) is 2.61. The number of hydrogen-bond acceptors (Lipinski definition) is 2. The fourth-order valence-electron chi connectivity index (χ4n) is 2.75. The van der Waals surface area contributed by atoms with Crippen LogP contribution in [0.25, 0.3) is 0 Å². The third kappa shape index (κ3) is 4.10. The van der Waals surface area contributed by atoms with E-state index in [4.69, 9.17) is 0 Å². The van der Waals surface area contributed by atoms with Crippen molar-refractivity contribution in [3.05, 3.63) is 65.7 Å². The number of nitrogens with zero attached hydrogens (tertiary/aromatic N) is 1. The Balaban J connectivity index is 1.57. The van der Waals surface area contributed by atoms with Crippen molar-refractivity contribution in [2.75, 3.05) is 18.4 Å². The summed E-state index contributed by atoms with van der Waals surface area (Å²) in [7, 11) is 0. The summed E-state index contributed by atoms with van der Waals surface area (Å²) in [6, 6.07) is 17.2. The zero-order valence-electron chi connectivity index (χ0n) is 13.3. The van der Waals surface area contributed by atoms with E-state index in [1.54, 1.807) is 12.1 Å². The lowest BCUT2D eigenvalue weighted by molar-refractivity contribution is -0.0494. The van der Waals surface area contributed by atoms with E-state index in [1.165, 1.54) is 10.5 Å². The van der Waals surface area contributed by atoms with E-state index in [1.807, 2.05) is 42.5 Å². The van der Waals surface area contributed by atoms with Gasteiger partial charge in [-0.3, -0.25) is 4.79 Å². The highest BCUT2D eigenvalue weighted by Gasteiger charge is 2.35. The van der Waals surface area contributed by atoms with E-state index in [0.29, 0.717) is 12.1 Å². The highest BCUT2D eigenvalue weighted by atomic mass is 19.3. The topological polar surface area (TPSA) is 32.3 Å². The monoisotopic (exact) mass is 330 g/mol. The quantitative estimate of drug-likeness (QED) is 0.912. The van der Waals surface area contributed by atoms with Crippen LogP contribution in [0.1, 0.15) is 28.8 Å². The molecule has 0 bridgehead atoms. The van der Waals surface area contributed by atoms with Gasteiger partial charge in [-0.1, -0.05) is 30.3 Å².